The molecule has 0 nitrogen and oxygen atoms in total. The van der Waals surface area contributed by atoms with Crippen LogP contribution in [0.1, 0.15) is 42.0 Å². The summed E-state index contributed by atoms with van der Waals surface area (Å²) >= 11 is 0. The van der Waals surface area contributed by atoms with Crippen molar-refractivity contribution in [2.45, 2.75) is 33.6 Å². The van der Waals surface area contributed by atoms with Crippen LogP contribution < -0.4 is 0 Å². The van der Waals surface area contributed by atoms with Crippen LogP contribution in [0.5, 0.6) is 0 Å². The normalized spacial score (nSPS) is 17.0. The van der Waals surface area contributed by atoms with Gasteiger partial charge in [0, 0.05) is 0 Å². The van der Waals surface area contributed by atoms with Gasteiger partial charge in [-0.15, -0.1) is 9.24 Å². The Morgan fingerprint density at radius 1 is 0.812 bits per heavy atom. The highest BCUT2D eigenvalue weighted by Crippen LogP contribution is 2.52. The number of hydrogen-bond donors (Lipinski definition) is 0. The zero-order valence-electron chi connectivity index (χ0n) is 19.3. The molecular weight excluding hydrogens is 403 g/mol. The third kappa shape index (κ3) is 4.21. The molecule has 0 N–H and O–H groups in total. The Morgan fingerprint density at radius 3 is 1.88 bits per heavy atom. The molecule has 32 heavy (non-hydrogen) atoms. The van der Waals surface area contributed by atoms with Crippen molar-refractivity contribution in [3.63, 3.8) is 0 Å². The quantitative estimate of drug-likeness (QED) is 0.326. The summed E-state index contributed by atoms with van der Waals surface area (Å²) in [5.41, 5.74) is 13.7. The first-order valence-corrected chi connectivity index (χ1v) is 11.8. The third-order valence-corrected chi connectivity index (χ3v) is 6.78. The first-order valence-electron chi connectivity index (χ1n) is 11.2. The fourth-order valence-corrected chi connectivity index (χ4v) is 4.84. The van der Waals surface area contributed by atoms with Gasteiger partial charge in [-0.25, -0.2) is 0 Å². The fraction of sp³-hybridized carbons (Fsp3) is 0.161. The van der Waals surface area contributed by atoms with E-state index in [-0.39, 0.29) is 0 Å². The lowest BCUT2D eigenvalue weighted by atomic mass is 9.85. The average molecular weight is 435 g/mol. The van der Waals surface area contributed by atoms with Gasteiger partial charge in [0.1, 0.15) is 0 Å². The van der Waals surface area contributed by atoms with Crippen molar-refractivity contribution in [1.29, 1.82) is 0 Å². The van der Waals surface area contributed by atoms with Gasteiger partial charge in [-0.3, -0.25) is 0 Å². The summed E-state index contributed by atoms with van der Waals surface area (Å²) in [5, 5.41) is 1.35. The van der Waals surface area contributed by atoms with E-state index in [1.807, 2.05) is 6.08 Å². The predicted octanol–water partition coefficient (Wildman–Crippen LogP) is 8.69. The first kappa shape index (κ1) is 22.3. The van der Waals surface area contributed by atoms with E-state index >= 15 is 0 Å². The number of benzene rings is 2. The summed E-state index contributed by atoms with van der Waals surface area (Å²) < 4.78 is 0. The van der Waals surface area contributed by atoms with Gasteiger partial charge < -0.3 is 0 Å². The summed E-state index contributed by atoms with van der Waals surface area (Å²) in [7, 11) is 2.87. The minimum absolute atomic E-state index is 1.03. The molecule has 0 aliphatic heterocycles. The molecule has 2 aromatic rings. The van der Waals surface area contributed by atoms with E-state index in [9.17, 15) is 0 Å². The molecule has 0 bridgehead atoms. The van der Waals surface area contributed by atoms with Gasteiger partial charge in [-0.1, -0.05) is 102 Å². The average Bonchev–Trinajstić information content (AvgIpc) is 3.08. The summed E-state index contributed by atoms with van der Waals surface area (Å²) in [5.74, 6) is 0. The van der Waals surface area contributed by atoms with E-state index in [1.54, 1.807) is 0 Å². The van der Waals surface area contributed by atoms with E-state index in [0.29, 0.717) is 0 Å². The molecule has 2 aliphatic rings. The van der Waals surface area contributed by atoms with E-state index < -0.39 is 0 Å². The maximum absolute atomic E-state index is 4.63. The summed E-state index contributed by atoms with van der Waals surface area (Å²) in [6, 6.07) is 17.8. The lowest BCUT2D eigenvalue weighted by molar-refractivity contribution is 0.968. The Bertz CT molecular complexity index is 1240. The Balaban J connectivity index is 2.06. The maximum Gasteiger partial charge on any atom is -0.00209 e. The van der Waals surface area contributed by atoms with Crippen LogP contribution >= 0.6 is 9.24 Å². The second kappa shape index (κ2) is 9.27. The Labute approximate surface area is 195 Å². The van der Waals surface area contributed by atoms with Gasteiger partial charge in [0.05, 0.1) is 0 Å². The highest BCUT2D eigenvalue weighted by Gasteiger charge is 2.32. The highest BCUT2D eigenvalue weighted by molar-refractivity contribution is 7.22. The Hall–Kier alpha value is -2.95. The standard InChI is InChI=1S/C31H31P/c1-6-7-22(4)28-23(5)29(24-12-8-20(2)9-13-24)31(26-16-18-27(32)19-17-26)30(28)25-14-10-21(3)11-15-25/h6-16,18H,1,5,17,19,32H2,2-4H3/b22-7+. The molecule has 2 aliphatic carbocycles. The lowest BCUT2D eigenvalue weighted by Gasteiger charge is -2.19. The van der Waals surface area contributed by atoms with Gasteiger partial charge in [0.15, 0.2) is 0 Å². The van der Waals surface area contributed by atoms with Crippen molar-refractivity contribution < 1.29 is 0 Å². The van der Waals surface area contributed by atoms with Crippen LogP contribution in [0.2, 0.25) is 0 Å². The van der Waals surface area contributed by atoms with Gasteiger partial charge in [-0.05, 0) is 83.8 Å². The van der Waals surface area contributed by atoms with Crippen molar-refractivity contribution in [2.75, 3.05) is 0 Å². The Kier molecular flexibility index (Phi) is 6.45. The fourth-order valence-electron chi connectivity index (χ4n) is 4.60. The van der Waals surface area contributed by atoms with Crippen LogP contribution in [0.15, 0.2) is 119 Å². The minimum atomic E-state index is 1.03. The molecule has 160 valence electrons. The second-order valence-electron chi connectivity index (χ2n) is 8.73. The third-order valence-electron chi connectivity index (χ3n) is 6.30. The van der Waals surface area contributed by atoms with Crippen LogP contribution in [-0.2, 0) is 0 Å². The summed E-state index contributed by atoms with van der Waals surface area (Å²) in [6.45, 7) is 15.0. The molecule has 0 saturated carbocycles. The SMILES string of the molecule is C=C/C=C(\C)C1=C(c2ccc(C)cc2)C(C2=CC=C(P)CC2)=C(c2ccc(C)cc2)C1=C. The smallest absolute Gasteiger partial charge is 0.00209 e. The van der Waals surface area contributed by atoms with Gasteiger partial charge >= 0.3 is 0 Å². The highest BCUT2D eigenvalue weighted by atomic mass is 31.0. The van der Waals surface area contributed by atoms with Crippen molar-refractivity contribution in [1.82, 2.24) is 0 Å². The second-order valence-corrected chi connectivity index (χ2v) is 9.47. The molecule has 0 fully saturated rings. The molecule has 2 aromatic carbocycles. The first-order chi connectivity index (χ1) is 15.4. The largest absolute Gasteiger partial charge is 0.110 e. The minimum Gasteiger partial charge on any atom is -0.110 e. The van der Waals surface area contributed by atoms with Gasteiger partial charge in [0.2, 0.25) is 0 Å². The summed E-state index contributed by atoms with van der Waals surface area (Å²) in [4.78, 5) is 0. The topological polar surface area (TPSA) is 0 Å². The zero-order valence-corrected chi connectivity index (χ0v) is 20.5. The molecule has 1 atom stereocenters. The van der Waals surface area contributed by atoms with Crippen LogP contribution in [0.3, 0.4) is 0 Å². The van der Waals surface area contributed by atoms with Crippen molar-refractivity contribution in [2.24, 2.45) is 0 Å². The number of rotatable bonds is 5. The maximum atomic E-state index is 4.63. The number of hydrogen-bond acceptors (Lipinski definition) is 0. The molecule has 0 aromatic heterocycles. The Morgan fingerprint density at radius 2 is 1.38 bits per heavy atom. The van der Waals surface area contributed by atoms with E-state index in [0.717, 1.165) is 18.4 Å². The number of aryl methyl sites for hydroxylation is 2. The zero-order chi connectivity index (χ0) is 22.8. The van der Waals surface area contributed by atoms with Crippen molar-refractivity contribution in [3.8, 4) is 0 Å². The predicted molar refractivity (Wildman–Crippen MR) is 144 cm³/mol. The van der Waals surface area contributed by atoms with Gasteiger partial charge in [-0.2, -0.15) is 0 Å². The van der Waals surface area contributed by atoms with Crippen LogP contribution in [0.4, 0.5) is 0 Å². The van der Waals surface area contributed by atoms with Crippen molar-refractivity contribution in [3.05, 3.63) is 141 Å². The van der Waals surface area contributed by atoms with E-state index in [1.165, 1.54) is 61.0 Å². The molecule has 0 amide bonds. The lowest BCUT2D eigenvalue weighted by Crippen LogP contribution is -1.99. The van der Waals surface area contributed by atoms with Crippen LogP contribution in [0, 0.1) is 13.8 Å². The van der Waals surface area contributed by atoms with Crippen LogP contribution in [-0.4, -0.2) is 0 Å². The molecule has 0 radical (unpaired) electrons. The molecule has 4 rings (SSSR count). The molecule has 0 heterocycles. The van der Waals surface area contributed by atoms with Crippen molar-refractivity contribution >= 4 is 20.4 Å². The summed E-state index contributed by atoms with van der Waals surface area (Å²) in [6.07, 6.45) is 10.6. The number of allylic oxidation sites excluding steroid dienone is 12. The van der Waals surface area contributed by atoms with E-state index in [2.05, 4.69) is 110 Å². The van der Waals surface area contributed by atoms with Gasteiger partial charge in [0.25, 0.3) is 0 Å². The van der Waals surface area contributed by atoms with Crippen LogP contribution in [0.25, 0.3) is 11.1 Å². The molecule has 0 spiro atoms. The molecule has 0 saturated heterocycles. The monoisotopic (exact) mass is 434 g/mol. The molecular formula is C31H31P. The molecule has 1 heteroatoms. The van der Waals surface area contributed by atoms with E-state index in [4.69, 9.17) is 0 Å². The molecule has 1 unspecified atom stereocenters.